The van der Waals surface area contributed by atoms with Gasteiger partial charge in [-0.25, -0.2) is 4.79 Å². The SMILES string of the molecule is CN(C)c1cc(OCc2ccccc2)cc2[nH]c(C(=O)O)cc12. The highest BCUT2D eigenvalue weighted by atomic mass is 16.5. The molecule has 0 fully saturated rings. The van der Waals surface area contributed by atoms with Gasteiger partial charge < -0.3 is 19.7 Å². The first-order valence-corrected chi connectivity index (χ1v) is 7.28. The number of nitrogens with zero attached hydrogens (tertiary/aromatic N) is 1. The number of anilines is 1. The Morgan fingerprint density at radius 1 is 1.17 bits per heavy atom. The van der Waals surface area contributed by atoms with Gasteiger partial charge in [0.05, 0.1) is 5.52 Å². The summed E-state index contributed by atoms with van der Waals surface area (Å²) in [4.78, 5) is 16.0. The molecule has 0 radical (unpaired) electrons. The Morgan fingerprint density at radius 2 is 1.91 bits per heavy atom. The fraction of sp³-hybridized carbons (Fsp3) is 0.167. The highest BCUT2D eigenvalue weighted by molar-refractivity contribution is 6.00. The summed E-state index contributed by atoms with van der Waals surface area (Å²) in [6.07, 6.45) is 0. The van der Waals surface area contributed by atoms with Crippen LogP contribution in [0.2, 0.25) is 0 Å². The number of carboxylic acids is 1. The molecule has 2 aromatic carbocycles. The molecular weight excluding hydrogens is 292 g/mol. The number of carboxylic acid groups (broad SMARTS) is 1. The number of carbonyl (C=O) groups is 1. The molecular formula is C18H18N2O3. The molecule has 0 spiro atoms. The number of rotatable bonds is 5. The molecule has 0 saturated heterocycles. The van der Waals surface area contributed by atoms with E-state index < -0.39 is 5.97 Å². The number of aromatic carboxylic acids is 1. The van der Waals surface area contributed by atoms with Crippen LogP contribution in [0.25, 0.3) is 10.9 Å². The predicted molar refractivity (Wildman–Crippen MR) is 90.4 cm³/mol. The second-order valence-corrected chi connectivity index (χ2v) is 5.56. The van der Waals surface area contributed by atoms with Crippen molar-refractivity contribution in [2.45, 2.75) is 6.61 Å². The summed E-state index contributed by atoms with van der Waals surface area (Å²) in [5.41, 5.74) is 2.91. The molecule has 5 heteroatoms. The summed E-state index contributed by atoms with van der Waals surface area (Å²) in [5.74, 6) is -0.276. The van der Waals surface area contributed by atoms with Gasteiger partial charge in [-0.2, -0.15) is 0 Å². The van der Waals surface area contributed by atoms with Crippen LogP contribution in [-0.2, 0) is 6.61 Å². The van der Waals surface area contributed by atoms with E-state index in [-0.39, 0.29) is 5.69 Å². The van der Waals surface area contributed by atoms with Crippen LogP contribution < -0.4 is 9.64 Å². The fourth-order valence-corrected chi connectivity index (χ4v) is 2.50. The van der Waals surface area contributed by atoms with Crippen molar-refractivity contribution in [3.05, 3.63) is 59.8 Å². The predicted octanol–water partition coefficient (Wildman–Crippen LogP) is 3.51. The highest BCUT2D eigenvalue weighted by Crippen LogP contribution is 2.32. The lowest BCUT2D eigenvalue weighted by molar-refractivity contribution is 0.0691. The van der Waals surface area contributed by atoms with E-state index in [1.807, 2.05) is 61.5 Å². The van der Waals surface area contributed by atoms with Crippen LogP contribution in [0, 0.1) is 0 Å². The number of ether oxygens (including phenoxy) is 1. The van der Waals surface area contributed by atoms with Crippen molar-refractivity contribution in [2.24, 2.45) is 0 Å². The molecule has 3 aromatic rings. The van der Waals surface area contributed by atoms with Crippen LogP contribution in [0.5, 0.6) is 5.75 Å². The van der Waals surface area contributed by atoms with E-state index in [0.29, 0.717) is 12.4 Å². The first-order valence-electron chi connectivity index (χ1n) is 7.28. The maximum atomic E-state index is 11.2. The molecule has 0 bridgehead atoms. The number of hydrogen-bond donors (Lipinski definition) is 2. The zero-order chi connectivity index (χ0) is 16.4. The molecule has 2 N–H and O–H groups in total. The van der Waals surface area contributed by atoms with E-state index >= 15 is 0 Å². The molecule has 1 heterocycles. The van der Waals surface area contributed by atoms with Crippen LogP contribution >= 0.6 is 0 Å². The molecule has 3 rings (SSSR count). The van der Waals surface area contributed by atoms with E-state index in [1.54, 1.807) is 6.07 Å². The van der Waals surface area contributed by atoms with Gasteiger partial charge in [-0.05, 0) is 11.6 Å². The summed E-state index contributed by atoms with van der Waals surface area (Å²) in [5, 5.41) is 10.0. The summed E-state index contributed by atoms with van der Waals surface area (Å²) in [6, 6.07) is 15.3. The number of aromatic amines is 1. The number of hydrogen-bond acceptors (Lipinski definition) is 3. The molecule has 0 amide bonds. The lowest BCUT2D eigenvalue weighted by Crippen LogP contribution is -2.09. The summed E-state index contributed by atoms with van der Waals surface area (Å²) >= 11 is 0. The topological polar surface area (TPSA) is 65.6 Å². The number of benzene rings is 2. The van der Waals surface area contributed by atoms with Crippen molar-refractivity contribution in [1.29, 1.82) is 0 Å². The van der Waals surface area contributed by atoms with Crippen LogP contribution in [0.3, 0.4) is 0 Å². The van der Waals surface area contributed by atoms with Gasteiger partial charge in [0.1, 0.15) is 18.1 Å². The quantitative estimate of drug-likeness (QED) is 0.757. The van der Waals surface area contributed by atoms with E-state index in [0.717, 1.165) is 22.2 Å². The van der Waals surface area contributed by atoms with Crippen LogP contribution in [-0.4, -0.2) is 30.2 Å². The lowest BCUT2D eigenvalue weighted by atomic mass is 10.2. The van der Waals surface area contributed by atoms with Gasteiger partial charge in [-0.15, -0.1) is 0 Å². The Kier molecular flexibility index (Phi) is 3.93. The average molecular weight is 310 g/mol. The van der Waals surface area contributed by atoms with Crippen molar-refractivity contribution in [2.75, 3.05) is 19.0 Å². The summed E-state index contributed by atoms with van der Waals surface area (Å²) in [7, 11) is 3.84. The second-order valence-electron chi connectivity index (χ2n) is 5.56. The molecule has 1 aromatic heterocycles. The zero-order valence-electron chi connectivity index (χ0n) is 13.0. The Balaban J connectivity index is 1.96. The van der Waals surface area contributed by atoms with Crippen LogP contribution in [0.15, 0.2) is 48.5 Å². The van der Waals surface area contributed by atoms with Crippen molar-refractivity contribution in [3.63, 3.8) is 0 Å². The third kappa shape index (κ3) is 3.13. The van der Waals surface area contributed by atoms with Crippen molar-refractivity contribution in [3.8, 4) is 5.75 Å². The second kappa shape index (κ2) is 6.04. The third-order valence-electron chi connectivity index (χ3n) is 3.65. The Bertz CT molecular complexity index is 838. The van der Waals surface area contributed by atoms with E-state index in [9.17, 15) is 4.79 Å². The summed E-state index contributed by atoms with van der Waals surface area (Å²) < 4.78 is 5.87. The zero-order valence-corrected chi connectivity index (χ0v) is 13.0. The first kappa shape index (κ1) is 15.0. The largest absolute Gasteiger partial charge is 0.489 e. The smallest absolute Gasteiger partial charge is 0.352 e. The van der Waals surface area contributed by atoms with Gasteiger partial charge in [0.25, 0.3) is 0 Å². The van der Waals surface area contributed by atoms with Gasteiger partial charge in [-0.1, -0.05) is 30.3 Å². The van der Waals surface area contributed by atoms with Crippen molar-refractivity contribution < 1.29 is 14.6 Å². The molecule has 118 valence electrons. The van der Waals surface area contributed by atoms with Gasteiger partial charge >= 0.3 is 5.97 Å². The molecule has 0 atom stereocenters. The normalized spacial score (nSPS) is 10.7. The number of fused-ring (bicyclic) bond motifs is 1. The fourth-order valence-electron chi connectivity index (χ4n) is 2.50. The van der Waals surface area contributed by atoms with Crippen LogP contribution in [0.1, 0.15) is 16.1 Å². The Hall–Kier alpha value is -2.95. The average Bonchev–Trinajstić information content (AvgIpc) is 2.97. The van der Waals surface area contributed by atoms with Gasteiger partial charge in [0.15, 0.2) is 0 Å². The maximum absolute atomic E-state index is 11.2. The van der Waals surface area contributed by atoms with Gasteiger partial charge in [-0.3, -0.25) is 0 Å². The summed E-state index contributed by atoms with van der Waals surface area (Å²) in [6.45, 7) is 0.464. The van der Waals surface area contributed by atoms with Gasteiger partial charge in [0, 0.05) is 37.3 Å². The molecule has 0 unspecified atom stereocenters. The molecule has 23 heavy (non-hydrogen) atoms. The highest BCUT2D eigenvalue weighted by Gasteiger charge is 2.13. The van der Waals surface area contributed by atoms with E-state index in [2.05, 4.69) is 4.98 Å². The third-order valence-corrected chi connectivity index (χ3v) is 3.65. The lowest BCUT2D eigenvalue weighted by Gasteiger charge is -2.16. The van der Waals surface area contributed by atoms with Crippen molar-refractivity contribution >= 4 is 22.6 Å². The minimum absolute atomic E-state index is 0.170. The first-order chi connectivity index (χ1) is 11.0. The molecule has 0 aliphatic carbocycles. The Labute approximate surface area is 134 Å². The molecule has 0 aliphatic rings. The van der Waals surface area contributed by atoms with Crippen molar-refractivity contribution in [1.82, 2.24) is 4.98 Å². The van der Waals surface area contributed by atoms with Crippen LogP contribution in [0.4, 0.5) is 5.69 Å². The molecule has 5 nitrogen and oxygen atoms in total. The minimum Gasteiger partial charge on any atom is -0.489 e. The number of H-pyrrole nitrogens is 1. The Morgan fingerprint density at radius 3 is 2.57 bits per heavy atom. The monoisotopic (exact) mass is 310 g/mol. The maximum Gasteiger partial charge on any atom is 0.352 e. The standard InChI is InChI=1S/C18H18N2O3/c1-20(2)17-9-13(23-11-12-6-4-3-5-7-12)8-15-14(17)10-16(19-15)18(21)22/h3-10,19H,11H2,1-2H3,(H,21,22). The van der Waals surface area contributed by atoms with E-state index in [4.69, 9.17) is 9.84 Å². The molecule has 0 saturated carbocycles. The minimum atomic E-state index is -0.974. The number of aromatic nitrogens is 1. The number of nitrogens with one attached hydrogen (secondary N) is 1. The molecule has 0 aliphatic heterocycles. The van der Waals surface area contributed by atoms with E-state index in [1.165, 1.54) is 0 Å². The van der Waals surface area contributed by atoms with Gasteiger partial charge in [0.2, 0.25) is 0 Å².